The lowest BCUT2D eigenvalue weighted by atomic mass is 9.90. The van der Waals surface area contributed by atoms with Crippen LogP contribution in [0.5, 0.6) is 0 Å². The molecular weight excluding hydrogens is 401 g/mol. The normalized spacial score (nSPS) is 12.3. The average molecular weight is 416 g/mol. The Bertz CT molecular complexity index is 688. The van der Waals surface area contributed by atoms with E-state index in [9.17, 15) is 14.5 Å². The van der Waals surface area contributed by atoms with Crippen LogP contribution in [0, 0.1) is 0 Å². The zero-order valence-electron chi connectivity index (χ0n) is 12.0. The molecule has 0 radical (unpaired) electrons. The lowest BCUT2D eigenvalue weighted by Crippen LogP contribution is -2.12. The van der Waals surface area contributed by atoms with Gasteiger partial charge in [-0.1, -0.05) is 42.5 Å². The Morgan fingerprint density at radius 2 is 1.65 bits per heavy atom. The highest BCUT2D eigenvalue weighted by atomic mass is 36.0. The van der Waals surface area contributed by atoms with Crippen molar-refractivity contribution < 1.29 is 14.5 Å². The van der Waals surface area contributed by atoms with Crippen LogP contribution in [0.2, 0.25) is 0 Å². The van der Waals surface area contributed by atoms with Crippen LogP contribution in [0.15, 0.2) is 42.5 Å². The van der Waals surface area contributed by atoms with E-state index in [2.05, 4.69) is 33.7 Å². The molecule has 2 aromatic carbocycles. The van der Waals surface area contributed by atoms with Crippen molar-refractivity contribution in [3.63, 3.8) is 0 Å². The molecule has 23 heavy (non-hydrogen) atoms. The molecule has 0 aliphatic heterocycles. The van der Waals surface area contributed by atoms with Gasteiger partial charge in [-0.3, -0.25) is 9.36 Å². The van der Waals surface area contributed by atoms with E-state index in [0.717, 1.165) is 16.3 Å². The largest absolute Gasteiger partial charge is 0.481 e. The van der Waals surface area contributed by atoms with Gasteiger partial charge in [-0.2, -0.15) is 0 Å². The molecule has 8 heteroatoms. The zero-order chi connectivity index (χ0) is 17.5. The van der Waals surface area contributed by atoms with Crippen molar-refractivity contribution in [1.29, 1.82) is 0 Å². The lowest BCUT2D eigenvalue weighted by molar-refractivity contribution is -0.138. The van der Waals surface area contributed by atoms with Gasteiger partial charge in [-0.05, 0) is 62.9 Å². The first-order chi connectivity index (χ1) is 10.7. The van der Waals surface area contributed by atoms with Gasteiger partial charge in [0, 0.05) is 5.88 Å². The Morgan fingerprint density at radius 3 is 2.22 bits per heavy atom. The second-order valence-electron chi connectivity index (χ2n) is 4.69. The molecule has 0 bridgehead atoms. The van der Waals surface area contributed by atoms with Crippen molar-refractivity contribution in [2.24, 2.45) is 0 Å². The van der Waals surface area contributed by atoms with Crippen molar-refractivity contribution in [1.82, 2.24) is 0 Å². The number of rotatable bonds is 5. The predicted octanol–water partition coefficient (Wildman–Crippen LogP) is 6.84. The first kappa shape index (κ1) is 20.6. The molecule has 0 aliphatic rings. The maximum atomic E-state index is 11.4. The smallest absolute Gasteiger partial charge is 0.339 e. The van der Waals surface area contributed by atoms with E-state index in [1.807, 2.05) is 42.5 Å². The van der Waals surface area contributed by atoms with Crippen LogP contribution in [0.3, 0.4) is 0 Å². The Hall–Kier alpha value is -0.440. The fourth-order valence-corrected chi connectivity index (χ4v) is 2.40. The molecule has 0 aliphatic carbocycles. The van der Waals surface area contributed by atoms with E-state index < -0.39 is 17.1 Å². The molecule has 0 fully saturated rings. The number of benzene rings is 2. The molecule has 1 N–H and O–H groups in total. The van der Waals surface area contributed by atoms with Crippen LogP contribution in [-0.4, -0.2) is 17.0 Å². The van der Waals surface area contributed by atoms with Crippen molar-refractivity contribution in [3.8, 4) is 0 Å². The molecule has 0 heterocycles. The topological polar surface area (TPSA) is 54.4 Å². The predicted molar refractivity (Wildman–Crippen MR) is 99.4 cm³/mol. The first-order valence-electron chi connectivity index (χ1n) is 6.69. The summed E-state index contributed by atoms with van der Waals surface area (Å²) in [6, 6.07) is 13.7. The van der Waals surface area contributed by atoms with Gasteiger partial charge in [0.05, 0.1) is 5.92 Å². The summed E-state index contributed by atoms with van der Waals surface area (Å²) in [4.78, 5) is 11.4. The van der Waals surface area contributed by atoms with E-state index in [1.54, 1.807) is 0 Å². The van der Waals surface area contributed by atoms with Crippen LogP contribution >= 0.6 is 50.5 Å². The Balaban J connectivity index is 0.000000463. The van der Waals surface area contributed by atoms with Gasteiger partial charge in [0.2, 0.25) is 0 Å². The lowest BCUT2D eigenvalue weighted by Gasteiger charge is -2.14. The fraction of sp³-hybridized carbons (Fsp3) is 0.267. The summed E-state index contributed by atoms with van der Waals surface area (Å²) >= 11 is 19.5. The molecular formula is C15H15Cl4O3P. The molecule has 3 nitrogen and oxygen atoms in total. The average Bonchev–Trinajstić information content (AvgIpc) is 2.46. The number of alkyl halides is 1. The van der Waals surface area contributed by atoms with Gasteiger partial charge in [0.15, 0.2) is 0 Å². The van der Waals surface area contributed by atoms with E-state index in [0.29, 0.717) is 18.7 Å². The van der Waals surface area contributed by atoms with Gasteiger partial charge in [0.1, 0.15) is 0 Å². The molecule has 0 saturated heterocycles. The Kier molecular flexibility index (Phi) is 8.74. The van der Waals surface area contributed by atoms with E-state index in [4.69, 9.17) is 11.6 Å². The Labute approximate surface area is 154 Å². The second kappa shape index (κ2) is 9.76. The molecule has 0 saturated carbocycles. The standard InChI is InChI=1S/C15H15ClO2.Cl3OP/c16-10-4-9-14(15(17)18)13-8-3-6-11-5-1-2-7-12(11)13;1-5(2,3)4/h1-3,5-8,14H,4,9-10H2,(H,17,18);. The number of fused-ring (bicyclic) bond motifs is 1. The van der Waals surface area contributed by atoms with E-state index in [1.165, 1.54) is 0 Å². The highest BCUT2D eigenvalue weighted by Crippen LogP contribution is 2.61. The first-order valence-corrected chi connectivity index (χ1v) is 11.6. The van der Waals surface area contributed by atoms with Crippen LogP contribution in [0.4, 0.5) is 0 Å². The summed E-state index contributed by atoms with van der Waals surface area (Å²) in [5, 5.41) is 8.24. The number of halogens is 4. The fourth-order valence-electron chi connectivity index (χ4n) is 2.25. The maximum absolute atomic E-state index is 11.4. The second-order valence-corrected chi connectivity index (χ2v) is 11.7. The van der Waals surface area contributed by atoms with Crippen molar-refractivity contribution in [2.75, 3.05) is 5.88 Å². The SMILES string of the molecule is O=C(O)C(CCCCl)c1cccc2ccccc12.O=P(Cl)(Cl)Cl. The molecule has 1 unspecified atom stereocenters. The molecule has 0 aromatic heterocycles. The Morgan fingerprint density at radius 1 is 1.09 bits per heavy atom. The third-order valence-corrected chi connectivity index (χ3v) is 3.39. The number of aliphatic carboxylic acids is 1. The molecule has 0 amide bonds. The van der Waals surface area contributed by atoms with Crippen molar-refractivity contribution in [2.45, 2.75) is 18.8 Å². The van der Waals surface area contributed by atoms with E-state index >= 15 is 0 Å². The summed E-state index contributed by atoms with van der Waals surface area (Å²) < 4.78 is 9.51. The van der Waals surface area contributed by atoms with Crippen LogP contribution in [-0.2, 0) is 9.36 Å². The number of carbonyl (C=O) groups is 1. The summed E-state index contributed by atoms with van der Waals surface area (Å²) in [5.74, 6) is -0.763. The number of hydrogen-bond donors (Lipinski definition) is 1. The number of hydrogen-bond acceptors (Lipinski definition) is 2. The third-order valence-electron chi connectivity index (χ3n) is 3.12. The summed E-state index contributed by atoms with van der Waals surface area (Å²) in [7, 11) is 0. The van der Waals surface area contributed by atoms with Gasteiger partial charge in [-0.25, -0.2) is 0 Å². The molecule has 2 rings (SSSR count). The summed E-state index contributed by atoms with van der Waals surface area (Å²) in [6.07, 6.45) is 1.29. The van der Waals surface area contributed by atoms with Crippen molar-refractivity contribution in [3.05, 3.63) is 48.0 Å². The minimum absolute atomic E-state index is 0.477. The quantitative estimate of drug-likeness (QED) is 0.429. The highest BCUT2D eigenvalue weighted by Gasteiger charge is 2.20. The summed E-state index contributed by atoms with van der Waals surface area (Å²) in [5.41, 5.74) is 0.880. The van der Waals surface area contributed by atoms with Gasteiger partial charge in [-0.15, -0.1) is 11.6 Å². The zero-order valence-corrected chi connectivity index (χ0v) is 15.9. The molecule has 0 spiro atoms. The molecule has 1 atom stereocenters. The van der Waals surface area contributed by atoms with E-state index in [-0.39, 0.29) is 0 Å². The maximum Gasteiger partial charge on any atom is 0.339 e. The minimum Gasteiger partial charge on any atom is -0.481 e. The van der Waals surface area contributed by atoms with Crippen molar-refractivity contribution >= 4 is 67.3 Å². The summed E-state index contributed by atoms with van der Waals surface area (Å²) in [6.45, 7) is 0. The third kappa shape index (κ3) is 7.78. The highest BCUT2D eigenvalue weighted by molar-refractivity contribution is 8.24. The monoisotopic (exact) mass is 414 g/mol. The van der Waals surface area contributed by atoms with Crippen LogP contribution in [0.25, 0.3) is 10.8 Å². The minimum atomic E-state index is -3.22. The number of carboxylic acid groups (broad SMARTS) is 1. The van der Waals surface area contributed by atoms with Gasteiger partial charge >= 0.3 is 11.2 Å². The number of carboxylic acids is 1. The molecule has 126 valence electrons. The van der Waals surface area contributed by atoms with Crippen LogP contribution in [0.1, 0.15) is 24.3 Å². The van der Waals surface area contributed by atoms with Crippen LogP contribution < -0.4 is 0 Å². The molecule has 2 aromatic rings. The van der Waals surface area contributed by atoms with Gasteiger partial charge in [0.25, 0.3) is 0 Å². The van der Waals surface area contributed by atoms with Gasteiger partial charge < -0.3 is 5.11 Å².